The second-order valence-electron chi connectivity index (χ2n) is 22.3. The quantitative estimate of drug-likeness (QED) is 0.0399. The number of rotatable bonds is 13. The third-order valence-corrected chi connectivity index (χ3v) is 16.4. The number of carbonyl (C=O) groups excluding carboxylic acids is 7. The van der Waals surface area contributed by atoms with Gasteiger partial charge >= 0.3 is 23.9 Å². The van der Waals surface area contributed by atoms with E-state index < -0.39 is 113 Å². The molecule has 0 unspecified atom stereocenters. The Morgan fingerprint density at radius 2 is 1.39 bits per heavy atom. The first-order valence-corrected chi connectivity index (χ1v) is 26.5. The van der Waals surface area contributed by atoms with Gasteiger partial charge in [-0.05, 0) is 72.9 Å². The van der Waals surface area contributed by atoms with Crippen molar-refractivity contribution in [2.24, 2.45) is 22.7 Å². The van der Waals surface area contributed by atoms with Crippen molar-refractivity contribution < 1.29 is 72.6 Å². The first-order chi connectivity index (χ1) is 37.3. The minimum Gasteiger partial charge on any atom is -0.456 e. The van der Waals surface area contributed by atoms with E-state index in [4.69, 9.17) is 23.7 Å². The first kappa shape index (κ1) is 57.8. The molecule has 418 valence electrons. The number of pyridine rings is 1. The summed E-state index contributed by atoms with van der Waals surface area (Å²) in [6.45, 7) is 16.0. The topological polar surface area (TPSA) is 256 Å². The molecule has 3 heterocycles. The molecule has 4 aliphatic rings. The van der Waals surface area contributed by atoms with E-state index in [1.54, 1.807) is 97.2 Å². The number of nitrogens with zero attached hydrogens (tertiary/aromatic N) is 2. The fraction of sp³-hybridized carbons (Fsp3) is 0.443. The molecule has 2 aromatic heterocycles. The lowest BCUT2D eigenvalue weighted by molar-refractivity contribution is -0.346. The van der Waals surface area contributed by atoms with Crippen LogP contribution in [0, 0.1) is 22.7 Å². The molecule has 9 rings (SSSR count). The maximum atomic E-state index is 15.5. The van der Waals surface area contributed by atoms with Crippen molar-refractivity contribution in [2.75, 3.05) is 6.61 Å². The number of fused-ring (bicyclic) bond motifs is 6. The average Bonchev–Trinajstić information content (AvgIpc) is 3.78. The molecule has 18 nitrogen and oxygen atoms in total. The van der Waals surface area contributed by atoms with Crippen LogP contribution in [0.4, 0.5) is 0 Å². The third kappa shape index (κ3) is 10.4. The number of aliphatic hydroxyl groups excluding tert-OH is 2. The second-order valence-corrected chi connectivity index (χ2v) is 22.3. The number of carbonyl (C=O) groups is 7. The molecule has 0 spiro atoms. The molecule has 2 bridgehead atoms. The van der Waals surface area contributed by atoms with Gasteiger partial charge in [-0.1, -0.05) is 114 Å². The standard InChI is InChI=1S/C47H51NO14.C14H18N2O/c1-25-31(60-43(56)36(52)35(28-16-10-7-11-17-28)48-41(54)29-18-12-8-13-19-29)23-47(57)40(61-42(55)30-20-14-9-15-21-30)38-45(6,32(51)22-33-46(38,24-58-33)62-27(3)50)39(53)37(59-26(2)49)34(25)44(47,4)5;1-9(2)13-12(14(17)10(3)4)11-7-5-6-8-16(11)15-13/h7-21,31-33,35-38,40,51-52,57H,22-24H2,1-6H3,(H,48,54);5-10H,1-4H3/t31-,32-,33+,35-,36+,37+,38-,40-,45+,46-,47+;/m0./s1. The van der Waals surface area contributed by atoms with Crippen LogP contribution in [0.2, 0.25) is 0 Å². The van der Waals surface area contributed by atoms with Crippen LogP contribution in [-0.4, -0.2) is 121 Å². The molecule has 5 aromatic rings. The van der Waals surface area contributed by atoms with Crippen molar-refractivity contribution in [3.05, 3.63) is 154 Å². The molecule has 3 aromatic carbocycles. The number of aliphatic hydroxyl groups is 3. The molecule has 1 amide bonds. The monoisotopic (exact) mass is 1080 g/mol. The summed E-state index contributed by atoms with van der Waals surface area (Å²) in [7, 11) is 0. The summed E-state index contributed by atoms with van der Waals surface area (Å²) in [6.07, 6.45) is -8.62. The molecule has 1 saturated heterocycles. The summed E-state index contributed by atoms with van der Waals surface area (Å²) in [5, 5.41) is 44.7. The van der Waals surface area contributed by atoms with Crippen LogP contribution in [0.25, 0.3) is 5.52 Å². The van der Waals surface area contributed by atoms with E-state index in [9.17, 15) is 44.1 Å². The van der Waals surface area contributed by atoms with Gasteiger partial charge in [0.25, 0.3) is 5.91 Å². The second kappa shape index (κ2) is 22.4. The number of amides is 1. The normalized spacial score (nSPS) is 27.5. The predicted molar refractivity (Wildman–Crippen MR) is 286 cm³/mol. The van der Waals surface area contributed by atoms with E-state index in [0.717, 1.165) is 30.6 Å². The minimum absolute atomic E-state index is 0.000654. The molecule has 2 saturated carbocycles. The molecule has 11 atom stereocenters. The summed E-state index contributed by atoms with van der Waals surface area (Å²) >= 11 is 0. The SMILES string of the molecule is CC(=O)O[C@H]1C(=O)[C@@]2(C)[C@H]([C@H](OC(=O)c3ccccc3)[C@]3(O)C[C@H](OC(=O)[C@H](O)[C@@H](NC(=O)c4ccccc4)c4ccccc4)C(C)=C1C3(C)C)[C@]1(OC(C)=O)CO[C@@H]1C[C@@H]2O.CC(C)C(=O)c1c(C(C)C)nn2ccccc12. The van der Waals surface area contributed by atoms with E-state index in [0.29, 0.717) is 5.56 Å². The van der Waals surface area contributed by atoms with E-state index in [2.05, 4.69) is 24.3 Å². The summed E-state index contributed by atoms with van der Waals surface area (Å²) < 4.78 is 32.1. The van der Waals surface area contributed by atoms with Gasteiger partial charge in [0.05, 0.1) is 52.4 Å². The molecule has 0 radical (unpaired) electrons. The van der Waals surface area contributed by atoms with Gasteiger partial charge < -0.3 is 44.3 Å². The van der Waals surface area contributed by atoms with Gasteiger partial charge in [-0.15, -0.1) is 0 Å². The molecular formula is C61H69N3O15. The van der Waals surface area contributed by atoms with Gasteiger partial charge in [-0.25, -0.2) is 14.1 Å². The van der Waals surface area contributed by atoms with Crippen LogP contribution in [0.1, 0.15) is 136 Å². The molecule has 4 N–H and O–H groups in total. The van der Waals surface area contributed by atoms with Crippen molar-refractivity contribution in [2.45, 2.75) is 142 Å². The van der Waals surface area contributed by atoms with Crippen molar-refractivity contribution in [1.29, 1.82) is 0 Å². The van der Waals surface area contributed by atoms with Gasteiger partial charge in [-0.3, -0.25) is 24.0 Å². The van der Waals surface area contributed by atoms with Crippen LogP contribution in [0.5, 0.6) is 0 Å². The zero-order valence-corrected chi connectivity index (χ0v) is 46.0. The molecular weight excluding hydrogens is 1010 g/mol. The number of hydrogen-bond acceptors (Lipinski definition) is 16. The molecule has 1 aliphatic heterocycles. The van der Waals surface area contributed by atoms with E-state index in [1.165, 1.54) is 26.0 Å². The fourth-order valence-corrected chi connectivity index (χ4v) is 12.1. The number of aromatic nitrogens is 2. The summed E-state index contributed by atoms with van der Waals surface area (Å²) in [6, 6.07) is 28.8. The largest absolute Gasteiger partial charge is 0.456 e. The smallest absolute Gasteiger partial charge is 0.338 e. The lowest BCUT2D eigenvalue weighted by Crippen LogP contribution is -2.82. The van der Waals surface area contributed by atoms with Crippen molar-refractivity contribution in [3.63, 3.8) is 0 Å². The number of benzene rings is 3. The van der Waals surface area contributed by atoms with Gasteiger partial charge in [0.1, 0.15) is 23.9 Å². The molecule has 18 heteroatoms. The number of Topliss-reactive ketones (excluding diaryl/α,β-unsaturated/α-hetero) is 2. The lowest BCUT2D eigenvalue weighted by Gasteiger charge is -2.67. The molecule has 79 heavy (non-hydrogen) atoms. The van der Waals surface area contributed by atoms with Gasteiger partial charge in [0.2, 0.25) is 0 Å². The molecule has 3 fully saturated rings. The zero-order valence-electron chi connectivity index (χ0n) is 46.0. The highest BCUT2D eigenvalue weighted by Crippen LogP contribution is 2.64. The van der Waals surface area contributed by atoms with E-state index >= 15 is 4.79 Å². The highest BCUT2D eigenvalue weighted by atomic mass is 16.6. The van der Waals surface area contributed by atoms with Crippen LogP contribution >= 0.6 is 0 Å². The predicted octanol–water partition coefficient (Wildman–Crippen LogP) is 7.03. The number of ketones is 2. The van der Waals surface area contributed by atoms with Crippen molar-refractivity contribution >= 4 is 46.9 Å². The Kier molecular flexibility index (Phi) is 16.4. The van der Waals surface area contributed by atoms with Crippen LogP contribution in [0.3, 0.4) is 0 Å². The first-order valence-electron chi connectivity index (χ1n) is 26.5. The Morgan fingerprint density at radius 1 is 0.797 bits per heavy atom. The third-order valence-electron chi connectivity index (χ3n) is 16.4. The number of nitrogens with one attached hydrogen (secondary N) is 1. The summed E-state index contributed by atoms with van der Waals surface area (Å²) in [5.74, 6) is -6.41. The Labute approximate surface area is 458 Å². The Bertz CT molecular complexity index is 3170. The van der Waals surface area contributed by atoms with E-state index in [1.807, 2.05) is 38.2 Å². The lowest BCUT2D eigenvalue weighted by atomic mass is 9.44. The number of ether oxygens (including phenoxy) is 5. The van der Waals surface area contributed by atoms with Crippen molar-refractivity contribution in [3.8, 4) is 0 Å². The van der Waals surface area contributed by atoms with E-state index in [-0.39, 0.29) is 52.9 Å². The van der Waals surface area contributed by atoms with Crippen LogP contribution in [-0.2, 0) is 42.9 Å². The highest BCUT2D eigenvalue weighted by molar-refractivity contribution is 6.04. The molecule has 3 aliphatic carbocycles. The Balaban J connectivity index is 0.000000410. The van der Waals surface area contributed by atoms with Crippen LogP contribution < -0.4 is 5.32 Å². The average molecular weight is 1080 g/mol. The minimum atomic E-state index is -2.39. The number of esters is 4. The maximum Gasteiger partial charge on any atom is 0.338 e. The highest BCUT2D eigenvalue weighted by Gasteiger charge is 2.78. The Morgan fingerprint density at radius 3 is 1.95 bits per heavy atom. The van der Waals surface area contributed by atoms with Crippen LogP contribution in [0.15, 0.2) is 127 Å². The van der Waals surface area contributed by atoms with Gasteiger partial charge in [-0.2, -0.15) is 5.10 Å². The van der Waals surface area contributed by atoms with Gasteiger partial charge in [0, 0.05) is 49.8 Å². The zero-order chi connectivity index (χ0) is 57.5. The summed E-state index contributed by atoms with van der Waals surface area (Å²) in [5.41, 5.74) is -4.42. The Hall–Kier alpha value is -7.38. The fourth-order valence-electron chi connectivity index (χ4n) is 12.1. The maximum absolute atomic E-state index is 15.5. The number of hydrogen-bond donors (Lipinski definition) is 4. The van der Waals surface area contributed by atoms with Crippen molar-refractivity contribution in [1.82, 2.24) is 14.9 Å². The summed E-state index contributed by atoms with van der Waals surface area (Å²) in [4.78, 5) is 95.7. The van der Waals surface area contributed by atoms with Gasteiger partial charge in [0.15, 0.2) is 29.4 Å².